The Morgan fingerprint density at radius 1 is 1.18 bits per heavy atom. The lowest BCUT2D eigenvalue weighted by molar-refractivity contribution is 0.138. The number of hydrogen-bond acceptors (Lipinski definition) is 3. The highest BCUT2D eigenvalue weighted by atomic mass is 16.5. The first-order chi connectivity index (χ1) is 8.13. The molecule has 0 bridgehead atoms. The monoisotopic (exact) mass is 238 g/mol. The van der Waals surface area contributed by atoms with Crippen molar-refractivity contribution < 1.29 is 14.6 Å². The van der Waals surface area contributed by atoms with Gasteiger partial charge in [-0.15, -0.1) is 0 Å². The highest BCUT2D eigenvalue weighted by Crippen LogP contribution is 2.32. The fourth-order valence-corrected chi connectivity index (χ4v) is 1.90. The molecule has 0 amide bonds. The van der Waals surface area contributed by atoms with Gasteiger partial charge in [0.1, 0.15) is 0 Å². The Labute approximate surface area is 103 Å². The number of aliphatic hydroxyl groups excluding tert-OH is 1. The van der Waals surface area contributed by atoms with Crippen LogP contribution < -0.4 is 9.47 Å². The zero-order chi connectivity index (χ0) is 12.8. The molecule has 0 spiro atoms. The molecule has 0 aliphatic heterocycles. The Morgan fingerprint density at radius 2 is 1.82 bits per heavy atom. The average molecular weight is 238 g/mol. The summed E-state index contributed by atoms with van der Waals surface area (Å²) in [7, 11) is 3.24. The normalized spacial score (nSPS) is 14.2. The Morgan fingerprint density at radius 3 is 2.35 bits per heavy atom. The van der Waals surface area contributed by atoms with Crippen LogP contribution in [0.4, 0.5) is 0 Å². The molecule has 1 N–H and O–H groups in total. The molecule has 2 atom stereocenters. The summed E-state index contributed by atoms with van der Waals surface area (Å²) in [6.45, 7) is 4.10. The van der Waals surface area contributed by atoms with Crippen LogP contribution in [0.3, 0.4) is 0 Å². The minimum Gasteiger partial charge on any atom is -0.493 e. The molecule has 0 aromatic heterocycles. The molecule has 1 aromatic rings. The fraction of sp³-hybridized carbons (Fsp3) is 0.571. The number of methoxy groups -OCH3 is 2. The van der Waals surface area contributed by atoms with E-state index in [4.69, 9.17) is 9.47 Å². The Balaban J connectivity index is 2.91. The van der Waals surface area contributed by atoms with E-state index >= 15 is 0 Å². The molecule has 0 fully saturated rings. The van der Waals surface area contributed by atoms with Crippen LogP contribution in [-0.4, -0.2) is 25.4 Å². The van der Waals surface area contributed by atoms with E-state index in [1.165, 1.54) is 0 Å². The van der Waals surface area contributed by atoms with Crippen LogP contribution >= 0.6 is 0 Å². The van der Waals surface area contributed by atoms with Gasteiger partial charge in [-0.2, -0.15) is 0 Å². The number of aliphatic hydroxyl groups is 1. The summed E-state index contributed by atoms with van der Waals surface area (Å²) >= 11 is 0. The number of hydrogen-bond donors (Lipinski definition) is 1. The molecule has 96 valence electrons. The van der Waals surface area contributed by atoms with Gasteiger partial charge in [-0.3, -0.25) is 0 Å². The van der Waals surface area contributed by atoms with Gasteiger partial charge in [0.15, 0.2) is 11.5 Å². The van der Waals surface area contributed by atoms with Crippen LogP contribution in [0.5, 0.6) is 11.5 Å². The molecule has 0 aliphatic carbocycles. The molecule has 3 heteroatoms. The molecule has 0 saturated carbocycles. The summed E-state index contributed by atoms with van der Waals surface area (Å²) in [6.07, 6.45) is 1.49. The van der Waals surface area contributed by atoms with Crippen molar-refractivity contribution in [3.8, 4) is 11.5 Å². The molecule has 0 radical (unpaired) electrons. The number of ether oxygens (including phenoxy) is 2. The third-order valence-corrected chi connectivity index (χ3v) is 3.09. The third kappa shape index (κ3) is 3.37. The second kappa shape index (κ2) is 6.50. The van der Waals surface area contributed by atoms with Crippen LogP contribution in [0.25, 0.3) is 0 Å². The van der Waals surface area contributed by atoms with E-state index in [1.807, 2.05) is 25.1 Å². The summed E-state index contributed by atoms with van der Waals surface area (Å²) in [6, 6.07) is 5.79. The molecular formula is C14H22O3. The third-order valence-electron chi connectivity index (χ3n) is 3.09. The summed E-state index contributed by atoms with van der Waals surface area (Å²) in [5, 5.41) is 9.99. The van der Waals surface area contributed by atoms with Gasteiger partial charge in [0.05, 0.1) is 20.3 Å². The first-order valence-corrected chi connectivity index (χ1v) is 6.04. The average Bonchev–Trinajstić information content (AvgIpc) is 2.37. The van der Waals surface area contributed by atoms with E-state index in [0.717, 1.165) is 18.4 Å². The predicted octanol–water partition coefficient (Wildman–Crippen LogP) is 2.97. The lowest BCUT2D eigenvalue weighted by Crippen LogP contribution is -2.15. The summed E-state index contributed by atoms with van der Waals surface area (Å²) < 4.78 is 10.5. The summed E-state index contributed by atoms with van der Waals surface area (Å²) in [4.78, 5) is 0. The highest BCUT2D eigenvalue weighted by Gasteiger charge is 2.17. The molecule has 3 nitrogen and oxygen atoms in total. The van der Waals surface area contributed by atoms with Crippen LogP contribution in [-0.2, 0) is 0 Å². The number of rotatable bonds is 6. The maximum atomic E-state index is 9.99. The van der Waals surface area contributed by atoms with Gasteiger partial charge in [-0.25, -0.2) is 0 Å². The minimum absolute atomic E-state index is 0.106. The van der Waals surface area contributed by atoms with Gasteiger partial charge in [0.2, 0.25) is 0 Å². The standard InChI is InChI=1S/C14H22O3/c1-5-6-12(15)10(2)11-7-8-13(16-3)14(9-11)17-4/h7-10,12,15H,5-6H2,1-4H3. The van der Waals surface area contributed by atoms with Gasteiger partial charge in [-0.1, -0.05) is 26.3 Å². The maximum Gasteiger partial charge on any atom is 0.160 e. The summed E-state index contributed by atoms with van der Waals surface area (Å²) in [5.41, 5.74) is 1.07. The molecular weight excluding hydrogens is 216 g/mol. The number of benzene rings is 1. The molecule has 1 rings (SSSR count). The summed E-state index contributed by atoms with van der Waals surface area (Å²) in [5.74, 6) is 1.53. The van der Waals surface area contributed by atoms with Crippen molar-refractivity contribution in [1.29, 1.82) is 0 Å². The van der Waals surface area contributed by atoms with Crippen molar-refractivity contribution in [3.05, 3.63) is 23.8 Å². The maximum absolute atomic E-state index is 9.99. The predicted molar refractivity (Wildman–Crippen MR) is 68.9 cm³/mol. The molecule has 0 heterocycles. The van der Waals surface area contributed by atoms with Crippen molar-refractivity contribution >= 4 is 0 Å². The van der Waals surface area contributed by atoms with Gasteiger partial charge >= 0.3 is 0 Å². The lowest BCUT2D eigenvalue weighted by atomic mass is 9.92. The van der Waals surface area contributed by atoms with Crippen molar-refractivity contribution in [1.82, 2.24) is 0 Å². The molecule has 0 aliphatic rings. The van der Waals surface area contributed by atoms with E-state index in [0.29, 0.717) is 11.5 Å². The first-order valence-electron chi connectivity index (χ1n) is 6.04. The zero-order valence-corrected chi connectivity index (χ0v) is 11.1. The van der Waals surface area contributed by atoms with Crippen LogP contribution in [0.1, 0.15) is 38.2 Å². The quantitative estimate of drug-likeness (QED) is 0.828. The Hall–Kier alpha value is -1.22. The van der Waals surface area contributed by atoms with Crippen LogP contribution in [0.2, 0.25) is 0 Å². The smallest absolute Gasteiger partial charge is 0.160 e. The molecule has 2 unspecified atom stereocenters. The second-order valence-corrected chi connectivity index (χ2v) is 4.26. The molecule has 1 aromatic carbocycles. The zero-order valence-electron chi connectivity index (χ0n) is 11.1. The van der Waals surface area contributed by atoms with E-state index < -0.39 is 0 Å². The lowest BCUT2D eigenvalue weighted by Gasteiger charge is -2.20. The van der Waals surface area contributed by atoms with Crippen LogP contribution in [0.15, 0.2) is 18.2 Å². The first kappa shape index (κ1) is 13.8. The van der Waals surface area contributed by atoms with Crippen molar-refractivity contribution in [3.63, 3.8) is 0 Å². The van der Waals surface area contributed by atoms with Crippen molar-refractivity contribution in [2.75, 3.05) is 14.2 Å². The van der Waals surface area contributed by atoms with Gasteiger partial charge in [0, 0.05) is 5.92 Å². The Kier molecular flexibility index (Phi) is 5.29. The molecule has 17 heavy (non-hydrogen) atoms. The van der Waals surface area contributed by atoms with E-state index in [-0.39, 0.29) is 12.0 Å². The molecule has 0 saturated heterocycles. The van der Waals surface area contributed by atoms with E-state index in [1.54, 1.807) is 14.2 Å². The van der Waals surface area contributed by atoms with Gasteiger partial charge in [-0.05, 0) is 24.1 Å². The second-order valence-electron chi connectivity index (χ2n) is 4.26. The fourth-order valence-electron chi connectivity index (χ4n) is 1.90. The Bertz CT molecular complexity index is 349. The van der Waals surface area contributed by atoms with Gasteiger partial charge in [0.25, 0.3) is 0 Å². The SMILES string of the molecule is CCCC(O)C(C)c1ccc(OC)c(OC)c1. The van der Waals surface area contributed by atoms with Crippen molar-refractivity contribution in [2.45, 2.75) is 38.7 Å². The highest BCUT2D eigenvalue weighted by molar-refractivity contribution is 5.44. The van der Waals surface area contributed by atoms with E-state index in [2.05, 4.69) is 6.92 Å². The topological polar surface area (TPSA) is 38.7 Å². The van der Waals surface area contributed by atoms with Gasteiger partial charge < -0.3 is 14.6 Å². The van der Waals surface area contributed by atoms with E-state index in [9.17, 15) is 5.11 Å². The minimum atomic E-state index is -0.307. The van der Waals surface area contributed by atoms with Crippen LogP contribution in [0, 0.1) is 0 Å². The largest absolute Gasteiger partial charge is 0.493 e. The van der Waals surface area contributed by atoms with Crippen molar-refractivity contribution in [2.24, 2.45) is 0 Å².